The third kappa shape index (κ3) is 7.02. The summed E-state index contributed by atoms with van der Waals surface area (Å²) in [5, 5.41) is 30.8. The molecule has 4 atom stereocenters. The fourth-order valence-electron chi connectivity index (χ4n) is 5.14. The minimum atomic E-state index is -1.90. The van der Waals surface area contributed by atoms with E-state index in [2.05, 4.69) is 11.0 Å². The molecular formula is C27H39ClNO6P. The highest BCUT2D eigenvalue weighted by atomic mass is 35.5. The van der Waals surface area contributed by atoms with E-state index in [1.54, 1.807) is 12.1 Å². The molecule has 0 saturated carbocycles. The Morgan fingerprint density at radius 1 is 1.19 bits per heavy atom. The van der Waals surface area contributed by atoms with Crippen LogP contribution in [-0.4, -0.2) is 89.9 Å². The van der Waals surface area contributed by atoms with Gasteiger partial charge in [0, 0.05) is 49.8 Å². The molecule has 7 nitrogen and oxygen atoms in total. The molecule has 4 unspecified atom stereocenters. The zero-order valence-corrected chi connectivity index (χ0v) is 22.7. The molecule has 200 valence electrons. The van der Waals surface area contributed by atoms with Gasteiger partial charge in [0.1, 0.15) is 18.8 Å². The van der Waals surface area contributed by atoms with Gasteiger partial charge in [0.05, 0.1) is 31.7 Å². The van der Waals surface area contributed by atoms with E-state index in [4.69, 9.17) is 21.1 Å². The van der Waals surface area contributed by atoms with E-state index in [0.29, 0.717) is 18.1 Å². The van der Waals surface area contributed by atoms with Gasteiger partial charge in [-0.05, 0) is 42.3 Å². The molecule has 2 aliphatic heterocycles. The molecule has 3 aliphatic rings. The lowest BCUT2D eigenvalue weighted by Crippen LogP contribution is -2.44. The summed E-state index contributed by atoms with van der Waals surface area (Å²) in [7, 11) is -1.90. The fourth-order valence-corrected chi connectivity index (χ4v) is 7.48. The summed E-state index contributed by atoms with van der Waals surface area (Å²) in [6, 6.07) is 5.52. The van der Waals surface area contributed by atoms with Crippen molar-refractivity contribution in [3.63, 3.8) is 0 Å². The maximum atomic E-state index is 12.5. The predicted molar refractivity (Wildman–Crippen MR) is 142 cm³/mol. The highest BCUT2D eigenvalue weighted by molar-refractivity contribution is 7.64. The smallest absolute Gasteiger partial charge is 0.111 e. The molecule has 1 aromatic rings. The van der Waals surface area contributed by atoms with Crippen molar-refractivity contribution in [1.29, 1.82) is 0 Å². The highest BCUT2D eigenvalue weighted by Gasteiger charge is 2.37. The quantitative estimate of drug-likeness (QED) is 0.411. The lowest BCUT2D eigenvalue weighted by molar-refractivity contribution is -0.179. The number of halogens is 1. The van der Waals surface area contributed by atoms with Crippen molar-refractivity contribution in [2.24, 2.45) is 0 Å². The van der Waals surface area contributed by atoms with E-state index in [0.717, 1.165) is 67.8 Å². The Labute approximate surface area is 219 Å². The molecule has 2 heterocycles. The summed E-state index contributed by atoms with van der Waals surface area (Å²) in [6.45, 7) is 5.14. The van der Waals surface area contributed by atoms with E-state index < -0.39 is 31.6 Å². The van der Waals surface area contributed by atoms with Gasteiger partial charge in [-0.25, -0.2) is 0 Å². The number of nitrogens with zero attached hydrogens (tertiary/aromatic N) is 1. The maximum absolute atomic E-state index is 12.5. The monoisotopic (exact) mass is 539 g/mol. The minimum absolute atomic E-state index is 0.205. The van der Waals surface area contributed by atoms with Crippen molar-refractivity contribution in [2.75, 3.05) is 51.3 Å². The maximum Gasteiger partial charge on any atom is 0.111 e. The second-order valence-corrected chi connectivity index (χ2v) is 14.2. The summed E-state index contributed by atoms with van der Waals surface area (Å²) in [5.41, 5.74) is 2.92. The summed E-state index contributed by atoms with van der Waals surface area (Å²) < 4.78 is 24.3. The lowest BCUT2D eigenvalue weighted by Gasteiger charge is -2.37. The zero-order valence-electron chi connectivity index (χ0n) is 21.0. The first kappa shape index (κ1) is 27.8. The SMILES string of the molecule is CCP1(=O)CCN(CCOC2=CC=C(Cc3cc(C4OC(CO)CC(O)C4O)ccc3Cl)CC2)CC1. The van der Waals surface area contributed by atoms with Crippen LogP contribution in [0.1, 0.15) is 43.4 Å². The fraction of sp³-hybridized carbons (Fsp3) is 0.630. The molecule has 4 rings (SSSR count). The zero-order chi connectivity index (χ0) is 25.7. The number of aliphatic hydroxyl groups excluding tert-OH is 3. The van der Waals surface area contributed by atoms with E-state index in [-0.39, 0.29) is 13.0 Å². The van der Waals surface area contributed by atoms with Crippen molar-refractivity contribution < 1.29 is 29.4 Å². The number of aliphatic hydroxyl groups is 3. The van der Waals surface area contributed by atoms with Gasteiger partial charge in [-0.1, -0.05) is 42.3 Å². The highest BCUT2D eigenvalue weighted by Crippen LogP contribution is 2.46. The summed E-state index contributed by atoms with van der Waals surface area (Å²) in [6.07, 6.45) is 5.98. The molecule has 36 heavy (non-hydrogen) atoms. The van der Waals surface area contributed by atoms with Crippen LogP contribution in [-0.2, 0) is 20.5 Å². The molecule has 0 radical (unpaired) electrons. The molecule has 2 fully saturated rings. The van der Waals surface area contributed by atoms with Crippen LogP contribution in [0.2, 0.25) is 5.02 Å². The number of ether oxygens (including phenoxy) is 2. The molecule has 1 aromatic carbocycles. The van der Waals surface area contributed by atoms with Crippen LogP contribution in [0.3, 0.4) is 0 Å². The van der Waals surface area contributed by atoms with E-state index in [1.165, 1.54) is 5.57 Å². The Morgan fingerprint density at radius 2 is 1.97 bits per heavy atom. The van der Waals surface area contributed by atoms with Gasteiger partial charge in [0.25, 0.3) is 0 Å². The number of rotatable bonds is 9. The Balaban J connectivity index is 1.31. The Hall–Kier alpha value is -1.18. The normalized spacial score (nSPS) is 28.9. The predicted octanol–water partition coefficient (Wildman–Crippen LogP) is 3.75. The van der Waals surface area contributed by atoms with Gasteiger partial charge in [-0.15, -0.1) is 0 Å². The summed E-state index contributed by atoms with van der Waals surface area (Å²) >= 11 is 6.49. The van der Waals surface area contributed by atoms with Crippen molar-refractivity contribution in [2.45, 2.75) is 57.0 Å². The van der Waals surface area contributed by atoms with Crippen molar-refractivity contribution >= 4 is 18.7 Å². The molecule has 1 aliphatic carbocycles. The average molecular weight is 540 g/mol. The van der Waals surface area contributed by atoms with Crippen LogP contribution in [0.4, 0.5) is 0 Å². The average Bonchev–Trinajstić information content (AvgIpc) is 2.89. The summed E-state index contributed by atoms with van der Waals surface area (Å²) in [5.74, 6) is 0.984. The van der Waals surface area contributed by atoms with E-state index >= 15 is 0 Å². The number of benzene rings is 1. The molecule has 9 heteroatoms. The molecule has 3 N–H and O–H groups in total. The first-order chi connectivity index (χ1) is 17.3. The minimum Gasteiger partial charge on any atom is -0.497 e. The van der Waals surface area contributed by atoms with Gasteiger partial charge in [-0.2, -0.15) is 0 Å². The number of hydrogen-bond donors (Lipinski definition) is 3. The molecular weight excluding hydrogens is 501 g/mol. The van der Waals surface area contributed by atoms with Gasteiger partial charge in [-0.3, -0.25) is 4.90 Å². The third-order valence-electron chi connectivity index (χ3n) is 7.68. The van der Waals surface area contributed by atoms with Crippen LogP contribution in [0.15, 0.2) is 41.7 Å². The van der Waals surface area contributed by atoms with Crippen LogP contribution in [0.5, 0.6) is 0 Å². The standard InChI is InChI=1S/C27H39ClNO6P/c1-2-36(33)13-10-29(11-14-36)9-12-34-22-6-3-19(4-7-22)15-21-16-20(5-8-24(21)28)27-26(32)25(31)17-23(18-30)35-27/h3,5-6,8,16,23,25-27,30-32H,2,4,7,9-15,17-18H2,1H3. The van der Waals surface area contributed by atoms with Crippen LogP contribution in [0, 0.1) is 0 Å². The molecule has 2 saturated heterocycles. The van der Waals surface area contributed by atoms with Gasteiger partial charge in [0.2, 0.25) is 0 Å². The van der Waals surface area contributed by atoms with Gasteiger partial charge < -0.3 is 29.4 Å². The van der Waals surface area contributed by atoms with E-state index in [1.807, 2.05) is 19.1 Å². The second-order valence-electron chi connectivity index (χ2n) is 10.2. The number of allylic oxidation sites excluding steroid dienone is 4. The van der Waals surface area contributed by atoms with Crippen LogP contribution < -0.4 is 0 Å². The van der Waals surface area contributed by atoms with Crippen LogP contribution >= 0.6 is 18.7 Å². The molecule has 0 spiro atoms. The van der Waals surface area contributed by atoms with Crippen LogP contribution in [0.25, 0.3) is 0 Å². The first-order valence-electron chi connectivity index (χ1n) is 13.0. The molecule has 0 aromatic heterocycles. The largest absolute Gasteiger partial charge is 0.497 e. The third-order valence-corrected chi connectivity index (χ3v) is 11.2. The lowest BCUT2D eigenvalue weighted by atomic mass is 9.91. The molecule has 0 bridgehead atoms. The van der Waals surface area contributed by atoms with Gasteiger partial charge >= 0.3 is 0 Å². The Morgan fingerprint density at radius 3 is 2.64 bits per heavy atom. The Bertz CT molecular complexity index is 1000. The first-order valence-corrected chi connectivity index (χ1v) is 15.7. The topological polar surface area (TPSA) is 99.5 Å². The van der Waals surface area contributed by atoms with E-state index in [9.17, 15) is 19.9 Å². The number of hydrogen-bond acceptors (Lipinski definition) is 7. The Kier molecular flexibility index (Phi) is 9.73. The van der Waals surface area contributed by atoms with Crippen molar-refractivity contribution in [3.05, 3.63) is 57.8 Å². The van der Waals surface area contributed by atoms with Gasteiger partial charge in [0.15, 0.2) is 0 Å². The van der Waals surface area contributed by atoms with Crippen molar-refractivity contribution in [3.8, 4) is 0 Å². The van der Waals surface area contributed by atoms with Crippen molar-refractivity contribution in [1.82, 2.24) is 4.90 Å². The molecule has 0 amide bonds. The summed E-state index contributed by atoms with van der Waals surface area (Å²) in [4.78, 5) is 2.35. The second kappa shape index (κ2) is 12.6.